The molecule has 0 amide bonds. The summed E-state index contributed by atoms with van der Waals surface area (Å²) in [5.74, 6) is 0. The van der Waals surface area contributed by atoms with Crippen molar-refractivity contribution in [1.82, 2.24) is 0 Å². The fraction of sp³-hybridized carbons (Fsp3) is 0.154. The number of anilines is 1. The normalized spacial score (nSPS) is 9.75. The zero-order valence-electron chi connectivity index (χ0n) is 9.03. The number of thiophene rings is 1. The standard InChI is InChI=1S/C13H12N2S/c1-10-3-2-4-11(7-10)15-9-13-6-5-12(8-14)16-13/h2-7,15H,9H2,1H3. The van der Waals surface area contributed by atoms with Crippen LogP contribution >= 0.6 is 11.3 Å². The molecule has 1 aromatic carbocycles. The maximum atomic E-state index is 8.71. The van der Waals surface area contributed by atoms with Crippen molar-refractivity contribution in [1.29, 1.82) is 5.26 Å². The van der Waals surface area contributed by atoms with Gasteiger partial charge in [-0.25, -0.2) is 0 Å². The highest BCUT2D eigenvalue weighted by Crippen LogP contribution is 2.17. The third-order valence-corrected chi connectivity index (χ3v) is 3.25. The van der Waals surface area contributed by atoms with E-state index < -0.39 is 0 Å². The molecule has 0 bridgehead atoms. The summed E-state index contributed by atoms with van der Waals surface area (Å²) in [6.07, 6.45) is 0. The lowest BCUT2D eigenvalue weighted by Crippen LogP contribution is -1.96. The van der Waals surface area contributed by atoms with Gasteiger partial charge in [0, 0.05) is 17.1 Å². The SMILES string of the molecule is Cc1cccc(NCc2ccc(C#N)s2)c1. The molecule has 0 spiro atoms. The number of aryl methyl sites for hydroxylation is 1. The zero-order chi connectivity index (χ0) is 11.4. The van der Waals surface area contributed by atoms with Gasteiger partial charge in [0.15, 0.2) is 0 Å². The van der Waals surface area contributed by atoms with Crippen LogP contribution in [0.2, 0.25) is 0 Å². The van der Waals surface area contributed by atoms with E-state index in [1.54, 1.807) is 0 Å². The first kappa shape index (κ1) is 10.7. The molecule has 0 aliphatic heterocycles. The zero-order valence-corrected chi connectivity index (χ0v) is 9.84. The molecule has 0 aliphatic carbocycles. The smallest absolute Gasteiger partial charge is 0.110 e. The summed E-state index contributed by atoms with van der Waals surface area (Å²) in [5.41, 5.74) is 2.36. The predicted octanol–water partition coefficient (Wildman–Crippen LogP) is 3.54. The Bertz CT molecular complexity index is 523. The summed E-state index contributed by atoms with van der Waals surface area (Å²) in [5, 5.41) is 12.1. The van der Waals surface area contributed by atoms with Crippen molar-refractivity contribution < 1.29 is 0 Å². The minimum atomic E-state index is 0.765. The second kappa shape index (κ2) is 4.82. The van der Waals surface area contributed by atoms with Crippen LogP contribution in [0.25, 0.3) is 0 Å². The molecule has 1 aromatic heterocycles. The maximum Gasteiger partial charge on any atom is 0.110 e. The van der Waals surface area contributed by atoms with Crippen molar-refractivity contribution in [2.45, 2.75) is 13.5 Å². The second-order valence-electron chi connectivity index (χ2n) is 3.60. The highest BCUT2D eigenvalue weighted by Gasteiger charge is 1.99. The summed E-state index contributed by atoms with van der Waals surface area (Å²) in [7, 11) is 0. The Morgan fingerprint density at radius 2 is 2.19 bits per heavy atom. The Kier molecular flexibility index (Phi) is 3.23. The van der Waals surface area contributed by atoms with Crippen molar-refractivity contribution >= 4 is 17.0 Å². The van der Waals surface area contributed by atoms with E-state index in [9.17, 15) is 0 Å². The van der Waals surface area contributed by atoms with Crippen molar-refractivity contribution in [2.75, 3.05) is 5.32 Å². The van der Waals surface area contributed by atoms with Gasteiger partial charge in [-0.1, -0.05) is 12.1 Å². The highest BCUT2D eigenvalue weighted by molar-refractivity contribution is 7.12. The van der Waals surface area contributed by atoms with E-state index >= 15 is 0 Å². The number of nitrogens with one attached hydrogen (secondary N) is 1. The Morgan fingerprint density at radius 1 is 1.31 bits per heavy atom. The van der Waals surface area contributed by atoms with Gasteiger partial charge in [-0.2, -0.15) is 5.26 Å². The summed E-state index contributed by atoms with van der Waals surface area (Å²) in [6, 6.07) is 14.3. The summed E-state index contributed by atoms with van der Waals surface area (Å²) in [4.78, 5) is 1.94. The van der Waals surface area contributed by atoms with Crippen LogP contribution in [0.3, 0.4) is 0 Å². The predicted molar refractivity (Wildman–Crippen MR) is 67.5 cm³/mol. The molecule has 3 heteroatoms. The van der Waals surface area contributed by atoms with Gasteiger partial charge in [-0.3, -0.25) is 0 Å². The molecule has 0 saturated heterocycles. The number of nitriles is 1. The first-order valence-electron chi connectivity index (χ1n) is 5.07. The van der Waals surface area contributed by atoms with Crippen molar-refractivity contribution in [3.63, 3.8) is 0 Å². The third kappa shape index (κ3) is 2.62. The van der Waals surface area contributed by atoms with Crippen LogP contribution in [-0.2, 0) is 6.54 Å². The van der Waals surface area contributed by atoms with Crippen molar-refractivity contribution in [3.05, 3.63) is 51.7 Å². The van der Waals surface area contributed by atoms with Crippen LogP contribution in [0.1, 0.15) is 15.3 Å². The van der Waals surface area contributed by atoms with Gasteiger partial charge in [-0.05, 0) is 36.8 Å². The number of rotatable bonds is 3. The van der Waals surface area contributed by atoms with Crippen molar-refractivity contribution in [2.24, 2.45) is 0 Å². The Hall–Kier alpha value is -1.79. The number of benzene rings is 1. The second-order valence-corrected chi connectivity index (χ2v) is 4.77. The van der Waals surface area contributed by atoms with E-state index in [0.29, 0.717) is 0 Å². The molecule has 16 heavy (non-hydrogen) atoms. The van der Waals surface area contributed by atoms with Crippen LogP contribution < -0.4 is 5.32 Å². The summed E-state index contributed by atoms with van der Waals surface area (Å²) in [6.45, 7) is 2.85. The molecule has 1 heterocycles. The Morgan fingerprint density at radius 3 is 2.88 bits per heavy atom. The number of hydrogen-bond acceptors (Lipinski definition) is 3. The third-order valence-electron chi connectivity index (χ3n) is 2.26. The van der Waals surface area contributed by atoms with Gasteiger partial charge in [0.1, 0.15) is 10.9 Å². The van der Waals surface area contributed by atoms with Gasteiger partial charge in [0.25, 0.3) is 0 Å². The molecular weight excluding hydrogens is 216 g/mol. The largest absolute Gasteiger partial charge is 0.380 e. The summed E-state index contributed by atoms with van der Waals surface area (Å²) < 4.78 is 0. The van der Waals surface area contributed by atoms with E-state index in [2.05, 4.69) is 30.4 Å². The fourth-order valence-electron chi connectivity index (χ4n) is 1.48. The van der Waals surface area contributed by atoms with Crippen LogP contribution in [0.15, 0.2) is 36.4 Å². The van der Waals surface area contributed by atoms with E-state index in [-0.39, 0.29) is 0 Å². The maximum absolute atomic E-state index is 8.71. The van der Waals surface area contributed by atoms with Crippen LogP contribution in [0, 0.1) is 18.3 Å². The average Bonchev–Trinajstić information content (AvgIpc) is 2.74. The molecule has 0 unspecified atom stereocenters. The van der Waals surface area contributed by atoms with E-state index in [0.717, 1.165) is 17.1 Å². The molecule has 0 saturated carbocycles. The monoisotopic (exact) mass is 228 g/mol. The lowest BCUT2D eigenvalue weighted by molar-refractivity contribution is 1.19. The molecule has 2 nitrogen and oxygen atoms in total. The minimum Gasteiger partial charge on any atom is -0.380 e. The first-order valence-corrected chi connectivity index (χ1v) is 5.89. The topological polar surface area (TPSA) is 35.8 Å². The van der Waals surface area contributed by atoms with E-state index in [4.69, 9.17) is 5.26 Å². The minimum absolute atomic E-state index is 0.765. The molecule has 0 atom stereocenters. The number of nitrogens with zero attached hydrogens (tertiary/aromatic N) is 1. The molecule has 0 fully saturated rings. The van der Waals surface area contributed by atoms with Crippen LogP contribution in [0.4, 0.5) is 5.69 Å². The number of hydrogen-bond donors (Lipinski definition) is 1. The Labute approximate surface area is 99.2 Å². The van der Waals surface area contributed by atoms with Crippen molar-refractivity contribution in [3.8, 4) is 6.07 Å². The molecule has 1 N–H and O–H groups in total. The van der Waals surface area contributed by atoms with Gasteiger partial charge in [-0.15, -0.1) is 11.3 Å². The average molecular weight is 228 g/mol. The Balaban J connectivity index is 2.00. The van der Waals surface area contributed by atoms with Gasteiger partial charge >= 0.3 is 0 Å². The first-order chi connectivity index (χ1) is 7.78. The fourth-order valence-corrected chi connectivity index (χ4v) is 2.22. The molecule has 0 radical (unpaired) electrons. The molecular formula is C13H12N2S. The highest BCUT2D eigenvalue weighted by atomic mass is 32.1. The molecule has 0 aliphatic rings. The lowest BCUT2D eigenvalue weighted by Gasteiger charge is -2.05. The lowest BCUT2D eigenvalue weighted by atomic mass is 10.2. The van der Waals surface area contributed by atoms with E-state index in [1.165, 1.54) is 21.8 Å². The molecule has 2 rings (SSSR count). The van der Waals surface area contributed by atoms with Gasteiger partial charge in [0.05, 0.1) is 0 Å². The summed E-state index contributed by atoms with van der Waals surface area (Å²) >= 11 is 1.53. The van der Waals surface area contributed by atoms with E-state index in [1.807, 2.05) is 24.3 Å². The van der Waals surface area contributed by atoms with Crippen LogP contribution in [0.5, 0.6) is 0 Å². The van der Waals surface area contributed by atoms with Crippen LogP contribution in [-0.4, -0.2) is 0 Å². The van der Waals surface area contributed by atoms with Gasteiger partial charge < -0.3 is 5.32 Å². The quantitative estimate of drug-likeness (QED) is 0.872. The molecule has 2 aromatic rings. The van der Waals surface area contributed by atoms with Gasteiger partial charge in [0.2, 0.25) is 0 Å². The molecule has 80 valence electrons.